The summed E-state index contributed by atoms with van der Waals surface area (Å²) >= 11 is -2.27. The van der Waals surface area contributed by atoms with Crippen LogP contribution in [0.1, 0.15) is 13.8 Å². The van der Waals surface area contributed by atoms with Crippen molar-refractivity contribution >= 4 is 25.0 Å². The summed E-state index contributed by atoms with van der Waals surface area (Å²) in [7, 11) is -1.19. The van der Waals surface area contributed by atoms with Crippen molar-refractivity contribution in [2.45, 2.75) is 73.6 Å². The van der Waals surface area contributed by atoms with Gasteiger partial charge in [0.1, 0.15) is 0 Å². The van der Waals surface area contributed by atoms with Crippen LogP contribution in [0.15, 0.2) is 45.2 Å². The van der Waals surface area contributed by atoms with Gasteiger partial charge >= 0.3 is 200 Å². The van der Waals surface area contributed by atoms with Crippen molar-refractivity contribution < 1.29 is 29.3 Å². The first-order valence-corrected chi connectivity index (χ1v) is 27.0. The van der Waals surface area contributed by atoms with Crippen LogP contribution in [0.5, 0.6) is 0 Å². The van der Waals surface area contributed by atoms with Gasteiger partial charge in [0.2, 0.25) is 0 Å². The Morgan fingerprint density at radius 2 is 1.23 bits per heavy atom. The fraction of sp³-hybridized carbons (Fsp3) is 0.667. The summed E-state index contributed by atoms with van der Waals surface area (Å²) in [6, 6.07) is 2.17. The van der Waals surface area contributed by atoms with Crippen LogP contribution in [0.4, 0.5) is 0 Å². The Morgan fingerprint density at radius 3 is 1.52 bits per heavy atom. The Labute approximate surface area is 199 Å². The molecule has 0 heterocycles. The van der Waals surface area contributed by atoms with Crippen molar-refractivity contribution in [1.29, 1.82) is 0 Å². The van der Waals surface area contributed by atoms with Gasteiger partial charge in [-0.15, -0.1) is 0 Å². The molecule has 0 saturated heterocycles. The molecule has 1 aliphatic rings. The summed E-state index contributed by atoms with van der Waals surface area (Å²) in [4.78, 5) is 0. The van der Waals surface area contributed by atoms with Gasteiger partial charge in [0.15, 0.2) is 0 Å². The van der Waals surface area contributed by atoms with Gasteiger partial charge in [-0.2, -0.15) is 0 Å². The van der Waals surface area contributed by atoms with E-state index in [1.165, 1.54) is 0 Å². The van der Waals surface area contributed by atoms with Crippen molar-refractivity contribution in [2.24, 2.45) is 5.92 Å². The molecule has 31 heavy (non-hydrogen) atoms. The molecule has 7 heteroatoms. The minimum atomic E-state index is -2.95. The van der Waals surface area contributed by atoms with Gasteiger partial charge in [0.05, 0.1) is 0 Å². The molecule has 0 amide bonds. The fourth-order valence-corrected chi connectivity index (χ4v) is 27.6. The van der Waals surface area contributed by atoms with Crippen LogP contribution >= 0.6 is 0 Å². The molecule has 184 valence electrons. The van der Waals surface area contributed by atoms with Crippen molar-refractivity contribution in [2.75, 3.05) is 21.3 Å². The molecule has 0 N–H and O–H groups in total. The topological polar surface area (TPSA) is 27.7 Å². The minimum absolute atomic E-state index is 0.141. The third-order valence-electron chi connectivity index (χ3n) is 6.31. The van der Waals surface area contributed by atoms with Gasteiger partial charge in [-0.3, -0.25) is 0 Å². The van der Waals surface area contributed by atoms with Crippen LogP contribution < -0.4 is 0 Å². The normalized spacial score (nSPS) is 19.5. The monoisotopic (exact) mass is 663 g/mol. The second-order valence-corrected chi connectivity index (χ2v) is 34.3. The van der Waals surface area contributed by atoms with Crippen LogP contribution in [0.2, 0.25) is 59.8 Å². The zero-order chi connectivity index (χ0) is 24.4. The van der Waals surface area contributed by atoms with E-state index in [-0.39, 0.29) is 5.54 Å². The Morgan fingerprint density at radius 1 is 0.839 bits per heavy atom. The molecule has 0 spiro atoms. The second-order valence-electron chi connectivity index (χ2n) is 10.5. The summed E-state index contributed by atoms with van der Waals surface area (Å²) in [6.07, 6.45) is 4.27. The Hall–Kier alpha value is 0.179. The van der Waals surface area contributed by atoms with E-state index in [1.54, 1.807) is 41.3 Å². The average molecular weight is 664 g/mol. The molecule has 0 saturated carbocycles. The van der Waals surface area contributed by atoms with Crippen LogP contribution in [0.25, 0.3) is 0 Å². The number of rotatable bonds is 12. The van der Waals surface area contributed by atoms with E-state index in [2.05, 4.69) is 81.3 Å². The molecule has 3 nitrogen and oxygen atoms in total. The molecular formula is C24H48O3PtSi3. The van der Waals surface area contributed by atoms with Gasteiger partial charge in [-0.05, 0) is 0 Å². The predicted octanol–water partition coefficient (Wildman–Crippen LogP) is 7.62. The molecule has 1 unspecified atom stereocenters. The van der Waals surface area contributed by atoms with E-state index in [0.717, 1.165) is 12.1 Å². The summed E-state index contributed by atoms with van der Waals surface area (Å²) < 4.78 is 20.3. The summed E-state index contributed by atoms with van der Waals surface area (Å²) in [5.41, 5.74) is 1.69. The maximum absolute atomic E-state index is 6.21. The average Bonchev–Trinajstić information content (AvgIpc) is 3.03. The van der Waals surface area contributed by atoms with Gasteiger partial charge in [-0.25, -0.2) is 0 Å². The van der Waals surface area contributed by atoms with Gasteiger partial charge in [0.25, 0.3) is 0 Å². The van der Waals surface area contributed by atoms with E-state index >= 15 is 0 Å². The van der Waals surface area contributed by atoms with Crippen molar-refractivity contribution in [3.05, 3.63) is 45.2 Å². The SMILES string of the molecule is C=CC[Si](C)(C)C1=C(C(C)C)C([Si](OC)(OC)OC)[C]([Pt]([CH3])([CH3])[CH3])=C1[Si](C)(C)CC=C. The molecule has 0 aromatic rings. The molecule has 1 rings (SSSR count). The molecule has 0 aromatic carbocycles. The number of allylic oxidation sites excluding steroid dienone is 6. The third kappa shape index (κ3) is 5.64. The van der Waals surface area contributed by atoms with Crippen LogP contribution in [0.3, 0.4) is 0 Å². The standard InChI is InChI=1S/C21H39O3Si3.3CH3.Pt/c1-12-14-25(8,9)19-16-18(27(22-5,23-6)24-7)20(17(3)4)21(19)26(10,11)15-13-2;;;;/h12-13,17-18H,1-2,14-15H2,3-11H3;3*1H3;. The molecule has 0 radical (unpaired) electrons. The maximum atomic E-state index is 6.21. The van der Waals surface area contributed by atoms with Gasteiger partial charge in [-0.1, -0.05) is 0 Å². The first-order chi connectivity index (χ1) is 14.1. The predicted molar refractivity (Wildman–Crippen MR) is 142 cm³/mol. The molecule has 0 bridgehead atoms. The molecule has 0 fully saturated rings. The summed E-state index contributed by atoms with van der Waals surface area (Å²) in [5, 5.41) is 11.0. The first-order valence-electron chi connectivity index (χ1n) is 10.8. The van der Waals surface area contributed by atoms with Crippen molar-refractivity contribution in [3.8, 4) is 0 Å². The van der Waals surface area contributed by atoms with E-state index in [4.69, 9.17) is 13.3 Å². The summed E-state index contributed by atoms with van der Waals surface area (Å²) in [5.74, 6) is 0.411. The molecular weight excluding hydrogens is 616 g/mol. The molecule has 0 aromatic heterocycles. The molecule has 1 aliphatic carbocycles. The van der Waals surface area contributed by atoms with Crippen molar-refractivity contribution in [1.82, 2.24) is 0 Å². The quantitative estimate of drug-likeness (QED) is 0.159. The number of hydrogen-bond donors (Lipinski definition) is 0. The zero-order valence-electron chi connectivity index (χ0n) is 22.2. The van der Waals surface area contributed by atoms with Crippen LogP contribution in [-0.4, -0.2) is 46.3 Å². The summed E-state index contributed by atoms with van der Waals surface area (Å²) in [6.45, 7) is 23.1. The Bertz CT molecular complexity index is 733. The van der Waals surface area contributed by atoms with Crippen LogP contribution in [-0.2, 0) is 29.3 Å². The van der Waals surface area contributed by atoms with Crippen LogP contribution in [0, 0.1) is 5.92 Å². The third-order valence-corrected chi connectivity index (χ3v) is 22.0. The van der Waals surface area contributed by atoms with Gasteiger partial charge < -0.3 is 0 Å². The Kier molecular flexibility index (Phi) is 10.0. The zero-order valence-corrected chi connectivity index (χ0v) is 27.5. The molecule has 0 aliphatic heterocycles. The molecule has 1 atom stereocenters. The van der Waals surface area contributed by atoms with Crippen molar-refractivity contribution in [3.63, 3.8) is 0 Å². The van der Waals surface area contributed by atoms with E-state index < -0.39 is 41.0 Å². The first kappa shape index (κ1) is 29.2. The van der Waals surface area contributed by atoms with E-state index in [0.29, 0.717) is 5.92 Å². The van der Waals surface area contributed by atoms with E-state index in [1.807, 2.05) is 0 Å². The number of hydrogen-bond acceptors (Lipinski definition) is 3. The van der Waals surface area contributed by atoms with E-state index in [9.17, 15) is 0 Å². The Balaban J connectivity index is 4.32. The fourth-order valence-electron chi connectivity index (χ4n) is 5.04. The second kappa shape index (κ2) is 10.6. The van der Waals surface area contributed by atoms with Gasteiger partial charge in [0, 0.05) is 0 Å².